The minimum atomic E-state index is -3.23. The highest BCUT2D eigenvalue weighted by molar-refractivity contribution is 7.94. The fraction of sp³-hybridized carbons (Fsp3) is 0.400. The van der Waals surface area contributed by atoms with Gasteiger partial charge in [-0.3, -0.25) is 9.59 Å². The zero-order valence-electron chi connectivity index (χ0n) is 16.5. The van der Waals surface area contributed by atoms with Crippen molar-refractivity contribution >= 4 is 33.0 Å². The summed E-state index contributed by atoms with van der Waals surface area (Å²) in [4.78, 5) is 26.6. The largest absolute Gasteiger partial charge is 0.496 e. The molecule has 0 aromatic heterocycles. The molecular formula is C20H20ClNO7S. The molecule has 1 spiro atoms. The number of ether oxygens (including phenoxy) is 3. The highest BCUT2D eigenvalue weighted by atomic mass is 35.5. The van der Waals surface area contributed by atoms with Crippen LogP contribution < -0.4 is 19.5 Å². The summed E-state index contributed by atoms with van der Waals surface area (Å²) in [6.07, 6.45) is 3.16. The summed E-state index contributed by atoms with van der Waals surface area (Å²) >= 11 is 6.35. The Labute approximate surface area is 178 Å². The first kappa shape index (κ1) is 20.7. The summed E-state index contributed by atoms with van der Waals surface area (Å²) in [6, 6.07) is 1.06. The van der Waals surface area contributed by atoms with Crippen molar-refractivity contribution in [1.29, 1.82) is 0 Å². The maximum Gasteiger partial charge on any atom is 0.236 e. The molecule has 1 aromatic carbocycles. The van der Waals surface area contributed by atoms with Gasteiger partial charge in [-0.25, -0.2) is 8.42 Å². The number of benzene rings is 1. The van der Waals surface area contributed by atoms with Gasteiger partial charge >= 0.3 is 0 Å². The van der Waals surface area contributed by atoms with E-state index in [1.54, 1.807) is 13.0 Å². The number of hydrogen-bond acceptors (Lipinski definition) is 8. The van der Waals surface area contributed by atoms with Gasteiger partial charge in [0, 0.05) is 29.2 Å². The van der Waals surface area contributed by atoms with Gasteiger partial charge in [-0.15, -0.1) is 0 Å². The fourth-order valence-electron chi connectivity index (χ4n) is 4.13. The minimum absolute atomic E-state index is 0.0627. The van der Waals surface area contributed by atoms with E-state index < -0.39 is 39.0 Å². The number of sulfone groups is 1. The van der Waals surface area contributed by atoms with Gasteiger partial charge < -0.3 is 19.5 Å². The van der Waals surface area contributed by atoms with Gasteiger partial charge in [0.2, 0.25) is 17.2 Å². The summed E-state index contributed by atoms with van der Waals surface area (Å²) in [7, 11) is -0.410. The van der Waals surface area contributed by atoms with E-state index in [9.17, 15) is 18.0 Å². The van der Waals surface area contributed by atoms with Gasteiger partial charge in [-0.1, -0.05) is 24.6 Å². The Morgan fingerprint density at radius 2 is 1.93 bits per heavy atom. The molecule has 1 aliphatic carbocycles. The molecule has 10 heteroatoms. The van der Waals surface area contributed by atoms with Crippen molar-refractivity contribution in [2.24, 2.45) is 5.92 Å². The molecule has 1 N–H and O–H groups in total. The average Bonchev–Trinajstić information content (AvgIpc) is 3.19. The van der Waals surface area contributed by atoms with Crippen molar-refractivity contribution in [2.45, 2.75) is 25.0 Å². The van der Waals surface area contributed by atoms with E-state index in [-0.39, 0.29) is 33.6 Å². The molecule has 160 valence electrons. The van der Waals surface area contributed by atoms with E-state index in [2.05, 4.69) is 5.32 Å². The monoisotopic (exact) mass is 453 g/mol. The van der Waals surface area contributed by atoms with Crippen molar-refractivity contribution in [1.82, 2.24) is 5.32 Å². The number of carbonyl (C=O) groups is 2. The Kier molecular flexibility index (Phi) is 4.85. The van der Waals surface area contributed by atoms with Crippen LogP contribution in [-0.4, -0.2) is 51.6 Å². The molecule has 3 atom stereocenters. The van der Waals surface area contributed by atoms with E-state index in [0.29, 0.717) is 12.1 Å². The lowest BCUT2D eigenvalue weighted by Gasteiger charge is -2.35. The second kappa shape index (κ2) is 7.02. The number of allylic oxidation sites excluding steroid dienone is 1. The predicted molar refractivity (Wildman–Crippen MR) is 109 cm³/mol. The number of carbonyl (C=O) groups excluding carboxylic acids is 2. The van der Waals surface area contributed by atoms with Gasteiger partial charge in [-0.2, -0.15) is 0 Å². The van der Waals surface area contributed by atoms with Crippen LogP contribution in [0.5, 0.6) is 17.2 Å². The van der Waals surface area contributed by atoms with Crippen LogP contribution in [0.2, 0.25) is 5.02 Å². The number of nitrogens with one attached hydrogen (secondary N) is 1. The Morgan fingerprint density at radius 1 is 1.23 bits per heavy atom. The van der Waals surface area contributed by atoms with Gasteiger partial charge in [-0.05, 0) is 6.42 Å². The molecule has 30 heavy (non-hydrogen) atoms. The molecule has 0 amide bonds. The number of fused-ring (bicyclic) bond motifs is 1. The summed E-state index contributed by atoms with van der Waals surface area (Å²) in [5, 5.41) is 4.31. The van der Waals surface area contributed by atoms with Gasteiger partial charge in [0.15, 0.2) is 15.6 Å². The summed E-state index contributed by atoms with van der Waals surface area (Å²) < 4.78 is 39.7. The molecule has 8 nitrogen and oxygen atoms in total. The average molecular weight is 454 g/mol. The molecule has 0 fully saturated rings. The smallest absolute Gasteiger partial charge is 0.236 e. The van der Waals surface area contributed by atoms with Gasteiger partial charge in [0.1, 0.15) is 22.1 Å². The quantitative estimate of drug-likeness (QED) is 0.690. The maximum atomic E-state index is 13.4. The van der Waals surface area contributed by atoms with Crippen molar-refractivity contribution < 1.29 is 32.2 Å². The van der Waals surface area contributed by atoms with Crippen LogP contribution >= 0.6 is 11.6 Å². The third-order valence-corrected chi connectivity index (χ3v) is 7.36. The molecule has 2 heterocycles. The Balaban J connectivity index is 1.69. The number of ketones is 2. The Bertz CT molecular complexity index is 1120. The molecule has 1 unspecified atom stereocenters. The topological polar surface area (TPSA) is 108 Å². The van der Waals surface area contributed by atoms with E-state index >= 15 is 0 Å². The van der Waals surface area contributed by atoms with Crippen LogP contribution in [0.25, 0.3) is 0 Å². The normalized spacial score (nSPS) is 28.9. The first-order valence-electron chi connectivity index (χ1n) is 9.23. The van der Waals surface area contributed by atoms with Crippen molar-refractivity contribution in [3.05, 3.63) is 39.9 Å². The standard InChI is InChI=1S/C20H20ClNO7S/c1-10-6-12(22-11-4-5-30(25,26)9-11)7-15(23)20(10)19(24)16-13(27-2)8-14(28-3)17(21)18(16)29-20/h4-5,7-8,10-11,22H,6,9H2,1-3H3/t10-,11?,20+/m1/s1. The molecule has 0 saturated carbocycles. The molecule has 4 rings (SSSR count). The molecule has 0 saturated heterocycles. The summed E-state index contributed by atoms with van der Waals surface area (Å²) in [5.41, 5.74) is -1.10. The summed E-state index contributed by atoms with van der Waals surface area (Å²) in [6.45, 7) is 1.73. The van der Waals surface area contributed by atoms with Crippen molar-refractivity contribution in [2.75, 3.05) is 20.0 Å². The number of Topliss-reactive ketones (excluding diaryl/α,β-unsaturated/α-hetero) is 1. The predicted octanol–water partition coefficient (Wildman–Crippen LogP) is 2.06. The van der Waals surface area contributed by atoms with Gasteiger partial charge in [0.05, 0.1) is 26.0 Å². The lowest BCUT2D eigenvalue weighted by atomic mass is 9.74. The summed E-state index contributed by atoms with van der Waals surface area (Å²) in [5.74, 6) is -1.13. The SMILES string of the molecule is COc1cc(OC)c2c(c1Cl)O[C@@]1(C(=O)C=C(NC3C=CS(=O)(=O)C3)C[C@H]1C)C2=O. The van der Waals surface area contributed by atoms with Crippen LogP contribution in [0.15, 0.2) is 29.3 Å². The van der Waals surface area contributed by atoms with E-state index in [4.69, 9.17) is 25.8 Å². The van der Waals surface area contributed by atoms with E-state index in [1.807, 2.05) is 0 Å². The zero-order valence-corrected chi connectivity index (χ0v) is 18.1. The second-order valence-electron chi connectivity index (χ2n) is 7.51. The highest BCUT2D eigenvalue weighted by Gasteiger charge is 2.60. The highest BCUT2D eigenvalue weighted by Crippen LogP contribution is 2.52. The van der Waals surface area contributed by atoms with Crippen molar-refractivity contribution in [3.63, 3.8) is 0 Å². The third kappa shape index (κ3) is 2.99. The van der Waals surface area contributed by atoms with E-state index in [0.717, 1.165) is 5.41 Å². The first-order chi connectivity index (χ1) is 14.1. The van der Waals surface area contributed by atoms with Crippen LogP contribution in [0.4, 0.5) is 0 Å². The molecule has 2 aliphatic heterocycles. The van der Waals surface area contributed by atoms with Gasteiger partial charge in [0.25, 0.3) is 0 Å². The lowest BCUT2D eigenvalue weighted by molar-refractivity contribution is -0.129. The third-order valence-electron chi connectivity index (χ3n) is 5.61. The van der Waals surface area contributed by atoms with Crippen LogP contribution in [0.1, 0.15) is 23.7 Å². The van der Waals surface area contributed by atoms with E-state index in [1.165, 1.54) is 26.4 Å². The number of rotatable bonds is 4. The molecule has 0 radical (unpaired) electrons. The number of halogens is 1. The Morgan fingerprint density at radius 3 is 2.50 bits per heavy atom. The number of hydrogen-bond donors (Lipinski definition) is 1. The second-order valence-corrected chi connectivity index (χ2v) is 9.82. The zero-order chi connectivity index (χ0) is 21.8. The molecule has 1 aromatic rings. The fourth-order valence-corrected chi connectivity index (χ4v) is 5.63. The minimum Gasteiger partial charge on any atom is -0.496 e. The maximum absolute atomic E-state index is 13.4. The molecule has 3 aliphatic rings. The van der Waals surface area contributed by atoms with Crippen LogP contribution in [0, 0.1) is 5.92 Å². The van der Waals surface area contributed by atoms with Crippen LogP contribution in [-0.2, 0) is 14.6 Å². The molecule has 0 bridgehead atoms. The molecular weight excluding hydrogens is 434 g/mol. The Hall–Kier alpha value is -2.52. The lowest BCUT2D eigenvalue weighted by Crippen LogP contribution is -2.55. The van der Waals surface area contributed by atoms with Crippen molar-refractivity contribution in [3.8, 4) is 17.2 Å². The first-order valence-corrected chi connectivity index (χ1v) is 11.3. The number of methoxy groups -OCH3 is 2. The van der Waals surface area contributed by atoms with Crippen LogP contribution in [0.3, 0.4) is 0 Å².